The summed E-state index contributed by atoms with van der Waals surface area (Å²) in [6.45, 7) is 2.30. The summed E-state index contributed by atoms with van der Waals surface area (Å²) in [4.78, 5) is 11.8. The highest BCUT2D eigenvalue weighted by molar-refractivity contribution is 9.10. The van der Waals surface area contributed by atoms with Gasteiger partial charge in [0.2, 0.25) is 0 Å². The Balaban J connectivity index is 1.97. The number of ether oxygens (including phenoxy) is 1. The third kappa shape index (κ3) is 4.13. The molecule has 20 heavy (non-hydrogen) atoms. The van der Waals surface area contributed by atoms with Gasteiger partial charge in [0.15, 0.2) is 0 Å². The fourth-order valence-corrected chi connectivity index (χ4v) is 3.42. The summed E-state index contributed by atoms with van der Waals surface area (Å²) in [5.74, 6) is -0.0403. The van der Waals surface area contributed by atoms with Crippen LogP contribution in [0.25, 0.3) is 0 Å². The second-order valence-corrected chi connectivity index (χ2v) is 6.37. The van der Waals surface area contributed by atoms with Crippen LogP contribution in [0.1, 0.15) is 32.6 Å². The van der Waals surface area contributed by atoms with Crippen LogP contribution in [0.4, 0.5) is 5.69 Å². The van der Waals surface area contributed by atoms with Gasteiger partial charge in [-0.05, 0) is 60.3 Å². The molecule has 2 atom stereocenters. The number of halogens is 2. The first kappa shape index (κ1) is 15.6. The van der Waals surface area contributed by atoms with Crippen LogP contribution < -0.4 is 5.32 Å². The van der Waals surface area contributed by atoms with Crippen molar-refractivity contribution in [2.75, 3.05) is 11.9 Å². The Morgan fingerprint density at radius 2 is 2.30 bits per heavy atom. The van der Waals surface area contributed by atoms with Gasteiger partial charge in [-0.3, -0.25) is 4.79 Å². The second-order valence-electron chi connectivity index (χ2n) is 5.08. The molecule has 1 aromatic carbocycles. The lowest BCUT2D eigenvalue weighted by Gasteiger charge is -2.29. The van der Waals surface area contributed by atoms with E-state index < -0.39 is 0 Å². The van der Waals surface area contributed by atoms with Crippen LogP contribution in [0.3, 0.4) is 0 Å². The molecule has 1 N–H and O–H groups in total. The number of hydrogen-bond donors (Lipinski definition) is 1. The van der Waals surface area contributed by atoms with Gasteiger partial charge in [0.25, 0.3) is 0 Å². The number of carbonyl (C=O) groups excluding carboxylic acids is 1. The van der Waals surface area contributed by atoms with Crippen molar-refractivity contribution in [2.24, 2.45) is 5.92 Å². The Labute approximate surface area is 133 Å². The van der Waals surface area contributed by atoms with E-state index >= 15 is 0 Å². The quantitative estimate of drug-likeness (QED) is 0.795. The van der Waals surface area contributed by atoms with E-state index in [1.54, 1.807) is 0 Å². The molecule has 2 unspecified atom stereocenters. The number of carbonyl (C=O) groups is 1. The van der Waals surface area contributed by atoms with Crippen molar-refractivity contribution in [2.45, 2.75) is 38.6 Å². The minimum atomic E-state index is -0.0610. The van der Waals surface area contributed by atoms with E-state index in [9.17, 15) is 4.79 Å². The molecule has 0 aliphatic heterocycles. The van der Waals surface area contributed by atoms with Crippen LogP contribution in [-0.4, -0.2) is 18.6 Å². The Morgan fingerprint density at radius 1 is 1.50 bits per heavy atom. The fraction of sp³-hybridized carbons (Fsp3) is 0.533. The zero-order valence-corrected chi connectivity index (χ0v) is 13.8. The van der Waals surface area contributed by atoms with Gasteiger partial charge in [-0.1, -0.05) is 18.0 Å². The van der Waals surface area contributed by atoms with Crippen molar-refractivity contribution in [3.8, 4) is 0 Å². The molecule has 0 amide bonds. The van der Waals surface area contributed by atoms with Gasteiger partial charge >= 0.3 is 5.97 Å². The Kier molecular flexibility index (Phi) is 5.73. The minimum absolute atomic E-state index is 0.0206. The van der Waals surface area contributed by atoms with Crippen LogP contribution in [-0.2, 0) is 9.53 Å². The van der Waals surface area contributed by atoms with E-state index in [-0.39, 0.29) is 11.9 Å². The zero-order valence-electron chi connectivity index (χ0n) is 11.5. The first-order valence-electron chi connectivity index (χ1n) is 6.98. The highest BCUT2D eigenvalue weighted by Crippen LogP contribution is 2.31. The molecule has 1 saturated carbocycles. The average Bonchev–Trinajstić information content (AvgIpc) is 2.43. The van der Waals surface area contributed by atoms with Crippen LogP contribution in [0, 0.1) is 5.92 Å². The molecule has 3 nitrogen and oxygen atoms in total. The molecule has 2 rings (SSSR count). The summed E-state index contributed by atoms with van der Waals surface area (Å²) >= 11 is 9.44. The number of anilines is 1. The summed E-state index contributed by atoms with van der Waals surface area (Å²) in [6, 6.07) is 5.99. The molecule has 1 aliphatic carbocycles. The van der Waals surface area contributed by atoms with Gasteiger partial charge in [-0.15, -0.1) is 0 Å². The molecular formula is C15H19BrClNO2. The Hall–Kier alpha value is -0.740. The summed E-state index contributed by atoms with van der Waals surface area (Å²) in [5.41, 5.74) is 1.02. The van der Waals surface area contributed by atoms with E-state index in [0.717, 1.165) is 35.8 Å². The molecule has 0 bridgehead atoms. The van der Waals surface area contributed by atoms with E-state index in [4.69, 9.17) is 16.3 Å². The molecule has 0 heterocycles. The summed E-state index contributed by atoms with van der Waals surface area (Å²) in [5, 5.41) is 4.19. The summed E-state index contributed by atoms with van der Waals surface area (Å²) in [6.07, 6.45) is 3.88. The number of hydrogen-bond acceptors (Lipinski definition) is 3. The van der Waals surface area contributed by atoms with Crippen molar-refractivity contribution in [3.63, 3.8) is 0 Å². The normalized spacial score (nSPS) is 22.4. The second kappa shape index (κ2) is 7.32. The Morgan fingerprint density at radius 3 is 3.00 bits per heavy atom. The van der Waals surface area contributed by atoms with Gasteiger partial charge in [0, 0.05) is 21.2 Å². The van der Waals surface area contributed by atoms with Crippen LogP contribution >= 0.6 is 27.5 Å². The number of benzene rings is 1. The third-order valence-electron chi connectivity index (χ3n) is 3.58. The summed E-state index contributed by atoms with van der Waals surface area (Å²) in [7, 11) is 0. The lowest BCUT2D eigenvalue weighted by molar-refractivity contribution is -0.149. The maximum atomic E-state index is 11.8. The SMILES string of the molecule is CCOC(=O)C1CCCC(Nc2ccc(Cl)cc2Br)C1. The largest absolute Gasteiger partial charge is 0.466 e. The molecule has 0 saturated heterocycles. The molecule has 5 heteroatoms. The molecule has 0 spiro atoms. The van der Waals surface area contributed by atoms with Crippen molar-refractivity contribution >= 4 is 39.2 Å². The molecule has 1 fully saturated rings. The van der Waals surface area contributed by atoms with Crippen LogP contribution in [0.5, 0.6) is 0 Å². The van der Waals surface area contributed by atoms with Crippen molar-refractivity contribution in [1.29, 1.82) is 0 Å². The molecule has 110 valence electrons. The summed E-state index contributed by atoms with van der Waals surface area (Å²) < 4.78 is 6.07. The maximum absolute atomic E-state index is 11.8. The standard InChI is InChI=1S/C15H19BrClNO2/c1-2-20-15(19)10-4-3-5-12(8-10)18-14-7-6-11(17)9-13(14)16/h6-7,9-10,12,18H,2-5,8H2,1H3. The maximum Gasteiger partial charge on any atom is 0.308 e. The lowest BCUT2D eigenvalue weighted by atomic mass is 9.85. The van der Waals surface area contributed by atoms with E-state index in [1.165, 1.54) is 0 Å². The molecular weight excluding hydrogens is 342 g/mol. The first-order chi connectivity index (χ1) is 9.60. The van der Waals surface area contributed by atoms with Crippen molar-refractivity contribution < 1.29 is 9.53 Å². The predicted molar refractivity (Wildman–Crippen MR) is 85.2 cm³/mol. The highest BCUT2D eigenvalue weighted by atomic mass is 79.9. The molecule has 0 aromatic heterocycles. The van der Waals surface area contributed by atoms with Gasteiger partial charge in [0.1, 0.15) is 0 Å². The number of nitrogens with one attached hydrogen (secondary N) is 1. The number of rotatable bonds is 4. The van der Waals surface area contributed by atoms with Crippen molar-refractivity contribution in [3.05, 3.63) is 27.7 Å². The van der Waals surface area contributed by atoms with Crippen LogP contribution in [0.2, 0.25) is 5.02 Å². The average molecular weight is 361 g/mol. The Bertz CT molecular complexity index is 481. The smallest absolute Gasteiger partial charge is 0.308 e. The van der Waals surface area contributed by atoms with Gasteiger partial charge < -0.3 is 10.1 Å². The van der Waals surface area contributed by atoms with Gasteiger partial charge in [0.05, 0.1) is 12.5 Å². The minimum Gasteiger partial charge on any atom is -0.466 e. The van der Waals surface area contributed by atoms with Crippen LogP contribution in [0.15, 0.2) is 22.7 Å². The van der Waals surface area contributed by atoms with Gasteiger partial charge in [-0.25, -0.2) is 0 Å². The van der Waals surface area contributed by atoms with Crippen molar-refractivity contribution in [1.82, 2.24) is 0 Å². The lowest BCUT2D eigenvalue weighted by Crippen LogP contribution is -2.32. The fourth-order valence-electron chi connectivity index (χ4n) is 2.62. The number of esters is 1. The third-order valence-corrected chi connectivity index (χ3v) is 4.48. The monoisotopic (exact) mass is 359 g/mol. The van der Waals surface area contributed by atoms with Gasteiger partial charge in [-0.2, -0.15) is 0 Å². The molecule has 1 aromatic rings. The van der Waals surface area contributed by atoms with E-state index in [0.29, 0.717) is 17.7 Å². The van der Waals surface area contributed by atoms with E-state index in [1.807, 2.05) is 25.1 Å². The highest BCUT2D eigenvalue weighted by Gasteiger charge is 2.28. The molecule has 0 radical (unpaired) electrons. The molecule has 1 aliphatic rings. The van der Waals surface area contributed by atoms with E-state index in [2.05, 4.69) is 21.2 Å². The first-order valence-corrected chi connectivity index (χ1v) is 8.15. The zero-order chi connectivity index (χ0) is 14.5. The predicted octanol–water partition coefficient (Wildman–Crippen LogP) is 4.64. The topological polar surface area (TPSA) is 38.3 Å².